The van der Waals surface area contributed by atoms with Crippen LogP contribution < -0.4 is 9.54 Å². The monoisotopic (exact) mass is 565 g/mol. The first-order valence-corrected chi connectivity index (χ1v) is 14.7. The van der Waals surface area contributed by atoms with Crippen LogP contribution in [-0.4, -0.2) is 42.9 Å². The van der Waals surface area contributed by atoms with Gasteiger partial charge in [0.15, 0.2) is 0 Å². The number of aliphatic hydroxyl groups is 2. The van der Waals surface area contributed by atoms with Gasteiger partial charge in [-0.1, -0.05) is 26.8 Å². The minimum Gasteiger partial charge on any atom is -0.0656 e. The molecule has 39 heavy (non-hydrogen) atoms. The van der Waals surface area contributed by atoms with Crippen LogP contribution in [0.3, 0.4) is 0 Å². The molecule has 2 atom stereocenters. The largest absolute Gasteiger partial charge is 0.0656 e. The van der Waals surface area contributed by atoms with Gasteiger partial charge in [0.1, 0.15) is 0 Å². The molecule has 3 aromatic heterocycles. The molecule has 2 unspecified atom stereocenters. The summed E-state index contributed by atoms with van der Waals surface area (Å²) in [6, 6.07) is 1.95. The molecule has 11 heteroatoms. The predicted molar refractivity (Wildman–Crippen MR) is 159 cm³/mol. The normalized spacial score (nSPS) is 15.6. The molecule has 1 aliphatic rings. The first-order chi connectivity index (χ1) is 18.9. The molecule has 0 saturated carbocycles. The number of aromatic nitrogens is 4. The number of H-pyrrole nitrogens is 1. The van der Waals surface area contributed by atoms with Crippen molar-refractivity contribution in [3.8, 4) is 5.75 Å². The topological polar surface area (TPSA) is 117 Å². The van der Waals surface area contributed by atoms with Gasteiger partial charge < -0.3 is 0 Å². The molecule has 3 N–H and O–H groups in total. The van der Waals surface area contributed by atoms with Crippen LogP contribution in [0.1, 0.15) is 76.0 Å². The zero-order valence-corrected chi connectivity index (χ0v) is 24.6. The second-order valence-corrected chi connectivity index (χ2v) is 11.1. The van der Waals surface area contributed by atoms with E-state index in [4.69, 9.17) is 4.74 Å². The number of nitrogens with one attached hydrogen (secondary N) is 1. The minimum atomic E-state index is -0.988. The molecular weight excluding hydrogens is 529 g/mol. The van der Waals surface area contributed by atoms with Gasteiger partial charge in [0, 0.05) is 0 Å². The Morgan fingerprint density at radius 1 is 1.36 bits per heavy atom. The van der Waals surface area contributed by atoms with Crippen LogP contribution in [0.2, 0.25) is 0 Å². The standard InChI is InChI=1S/C25H28BN5O3S2.C3H8/c1-4-5-9-22(15(2)3)35-16-10-21(34-20-8-6-7-18-17(20)12-27-14-29-18)24(28-11-16)31-25-30-23(26-36-25)19(33)13-32;1-3-2/h4-5,9-12,14,19-20,32-33H,1,6-8,13H2,2-3H3,(H,28,30,31);3H2,1-2H3/b9-5-;. The van der Waals surface area contributed by atoms with Crippen molar-refractivity contribution in [1.29, 1.82) is 0 Å². The van der Waals surface area contributed by atoms with E-state index in [9.17, 15) is 10.2 Å². The summed E-state index contributed by atoms with van der Waals surface area (Å²) < 4.78 is 6.53. The second kappa shape index (κ2) is 15.7. The Morgan fingerprint density at radius 2 is 2.15 bits per heavy atom. The van der Waals surface area contributed by atoms with E-state index in [0.29, 0.717) is 22.0 Å². The van der Waals surface area contributed by atoms with E-state index in [2.05, 4.69) is 59.2 Å². The van der Waals surface area contributed by atoms with Gasteiger partial charge in [-0.2, -0.15) is 0 Å². The predicted octanol–water partition coefficient (Wildman–Crippen LogP) is 5.86. The maximum absolute atomic E-state index is 9.91. The Labute approximate surface area is 238 Å². The van der Waals surface area contributed by atoms with Crippen molar-refractivity contribution in [2.45, 2.75) is 70.5 Å². The number of rotatable bonds is 9. The van der Waals surface area contributed by atoms with Gasteiger partial charge in [0.05, 0.1) is 0 Å². The van der Waals surface area contributed by atoms with Crippen LogP contribution in [0.5, 0.6) is 5.75 Å². The Bertz CT molecular complexity index is 1360. The molecule has 3 heterocycles. The SMILES string of the molecule is C=C/C=C\C(Sc1cnc(/N=c2/[nH]c(C(O)CO)bs2)c(OC2CCCc3ncncc32)c1)=C(C)C.CCC. The number of aromatic amines is 1. The molecule has 0 fully saturated rings. The average Bonchev–Trinajstić information content (AvgIpc) is 3.41. The number of aliphatic hydroxyl groups excluding tert-OH is 2. The Morgan fingerprint density at radius 3 is 2.87 bits per heavy atom. The van der Waals surface area contributed by atoms with Gasteiger partial charge in [-0.15, -0.1) is 0 Å². The van der Waals surface area contributed by atoms with E-state index in [0.717, 1.165) is 40.3 Å². The van der Waals surface area contributed by atoms with Gasteiger partial charge in [0.2, 0.25) is 0 Å². The maximum Gasteiger partial charge on any atom is -0.0590 e. The molecule has 0 radical (unpaired) electrons. The van der Waals surface area contributed by atoms with Crippen molar-refractivity contribution in [2.24, 2.45) is 4.99 Å². The Balaban J connectivity index is 0.00000134. The third-order valence-electron chi connectivity index (χ3n) is 5.52. The quantitative estimate of drug-likeness (QED) is 0.220. The van der Waals surface area contributed by atoms with Crippen molar-refractivity contribution in [3.05, 3.63) is 81.7 Å². The van der Waals surface area contributed by atoms with Crippen molar-refractivity contribution >= 4 is 34.9 Å². The molecule has 0 amide bonds. The van der Waals surface area contributed by atoms with E-state index >= 15 is 0 Å². The molecule has 0 bridgehead atoms. The number of allylic oxidation sites excluding steroid dienone is 4. The summed E-state index contributed by atoms with van der Waals surface area (Å²) in [7, 11) is 0. The van der Waals surface area contributed by atoms with Crippen molar-refractivity contribution < 1.29 is 14.9 Å². The van der Waals surface area contributed by atoms with Crippen LogP contribution in [0.15, 0.2) is 70.0 Å². The minimum absolute atomic E-state index is 0.200. The van der Waals surface area contributed by atoms with Crippen LogP contribution in [0.25, 0.3) is 0 Å². The number of hydrogen-bond acceptors (Lipinski definition) is 9. The molecule has 4 rings (SSSR count). The first-order valence-electron chi connectivity index (χ1n) is 13.0. The van der Waals surface area contributed by atoms with Gasteiger partial charge in [-0.25, -0.2) is 0 Å². The fraction of sp³-hybridized carbons (Fsp3) is 0.393. The molecule has 0 aromatic carbocycles. The van der Waals surface area contributed by atoms with Gasteiger partial charge in [-0.05, 0) is 0 Å². The smallest absolute Gasteiger partial charge is 0.0590 e. The molecular formula is C28H36BN5O3S2. The van der Waals surface area contributed by atoms with Crippen LogP contribution in [-0.2, 0) is 6.42 Å². The summed E-state index contributed by atoms with van der Waals surface area (Å²) in [4.78, 5) is 23.5. The van der Waals surface area contributed by atoms with Crippen LogP contribution in [0, 0.1) is 0 Å². The Kier molecular flexibility index (Phi) is 12.3. The summed E-state index contributed by atoms with van der Waals surface area (Å²) in [5.41, 5.74) is 3.67. The zero-order valence-electron chi connectivity index (χ0n) is 22.9. The fourth-order valence-corrected chi connectivity index (χ4v) is 5.32. The van der Waals surface area contributed by atoms with Crippen LogP contribution >= 0.6 is 22.9 Å². The van der Waals surface area contributed by atoms with Gasteiger partial charge in [0.25, 0.3) is 0 Å². The van der Waals surface area contributed by atoms with E-state index in [1.54, 1.807) is 36.5 Å². The molecule has 3 aromatic rings. The molecule has 1 aliphatic carbocycles. The number of aryl methyl sites for hydroxylation is 1. The summed E-state index contributed by atoms with van der Waals surface area (Å²) in [6.45, 7) is 11.8. The van der Waals surface area contributed by atoms with Crippen LogP contribution in [0.4, 0.5) is 5.82 Å². The van der Waals surface area contributed by atoms with Crippen molar-refractivity contribution in [3.63, 3.8) is 0 Å². The molecule has 8 nitrogen and oxygen atoms in total. The van der Waals surface area contributed by atoms with Crippen molar-refractivity contribution in [2.75, 3.05) is 6.61 Å². The molecule has 0 saturated heterocycles. The molecule has 206 valence electrons. The molecule has 0 spiro atoms. The number of ether oxygens (including phenoxy) is 1. The summed E-state index contributed by atoms with van der Waals surface area (Å²) >= 11 is 2.91. The summed E-state index contributed by atoms with van der Waals surface area (Å²) in [5.74, 6) is 0.973. The summed E-state index contributed by atoms with van der Waals surface area (Å²) in [5, 5.41) is 19.1. The van der Waals surface area contributed by atoms with Gasteiger partial charge >= 0.3 is 213 Å². The zero-order chi connectivity index (χ0) is 28.2. The van der Waals surface area contributed by atoms with Gasteiger partial charge in [-0.3, -0.25) is 0 Å². The average molecular weight is 566 g/mol. The number of nitrogens with zero attached hydrogens (tertiary/aromatic N) is 4. The van der Waals surface area contributed by atoms with E-state index in [1.165, 1.54) is 23.2 Å². The molecule has 0 aliphatic heterocycles. The third kappa shape index (κ3) is 8.82. The Hall–Kier alpha value is -2.86. The van der Waals surface area contributed by atoms with Crippen molar-refractivity contribution in [1.82, 2.24) is 19.9 Å². The summed E-state index contributed by atoms with van der Waals surface area (Å²) in [6.07, 6.45) is 15.4. The third-order valence-corrected chi connectivity index (χ3v) is 7.53. The van der Waals surface area contributed by atoms with E-state index in [-0.39, 0.29) is 12.7 Å². The van der Waals surface area contributed by atoms with E-state index in [1.807, 2.05) is 24.4 Å². The van der Waals surface area contributed by atoms with E-state index < -0.39 is 6.10 Å². The number of fused-ring (bicyclic) bond motifs is 1. The maximum atomic E-state index is 9.91. The fourth-order valence-electron chi connectivity index (χ4n) is 3.67. The first kappa shape index (κ1) is 30.7. The second-order valence-electron chi connectivity index (χ2n) is 9.12. The number of hydrogen-bond donors (Lipinski definition) is 3. The number of pyridine rings is 1. The number of thioether (sulfide) groups is 1.